The zero-order valence-corrected chi connectivity index (χ0v) is 13.3. The molecule has 7 heteroatoms. The van der Waals surface area contributed by atoms with Gasteiger partial charge in [0.1, 0.15) is 5.51 Å². The molecule has 5 nitrogen and oxygen atoms in total. The molecule has 0 saturated carbocycles. The maximum atomic E-state index is 12.3. The summed E-state index contributed by atoms with van der Waals surface area (Å²) in [6, 6.07) is 6.79. The van der Waals surface area contributed by atoms with Crippen LogP contribution < -0.4 is 4.80 Å². The van der Waals surface area contributed by atoms with E-state index in [-0.39, 0.29) is 10.9 Å². The molecular weight excluding hydrogens is 294 g/mol. The van der Waals surface area contributed by atoms with Gasteiger partial charge in [-0.1, -0.05) is 36.0 Å². The highest BCUT2D eigenvalue weighted by atomic mass is 32.2. The average molecular weight is 311 g/mol. The first-order chi connectivity index (χ1) is 9.44. The van der Waals surface area contributed by atoms with Crippen molar-refractivity contribution in [2.45, 2.75) is 38.1 Å². The van der Waals surface area contributed by atoms with E-state index in [1.54, 1.807) is 34.5 Å². The number of aromatic nitrogens is 2. The number of hydrogen-bond donors (Lipinski definition) is 0. The molecule has 0 radical (unpaired) electrons. The molecule has 2 rings (SSSR count). The number of rotatable bonds is 4. The highest BCUT2D eigenvalue weighted by molar-refractivity contribution is 7.90. The van der Waals surface area contributed by atoms with Crippen molar-refractivity contribution in [2.24, 2.45) is 4.40 Å². The van der Waals surface area contributed by atoms with E-state index >= 15 is 0 Å². The van der Waals surface area contributed by atoms with Crippen LogP contribution in [-0.4, -0.2) is 18.2 Å². The van der Waals surface area contributed by atoms with E-state index < -0.39 is 10.0 Å². The van der Waals surface area contributed by atoms with Crippen LogP contribution in [0.25, 0.3) is 0 Å². The van der Waals surface area contributed by atoms with E-state index in [1.165, 1.54) is 11.3 Å². The number of hydrogen-bond acceptors (Lipinski definition) is 4. The molecule has 20 heavy (non-hydrogen) atoms. The Morgan fingerprint density at radius 1 is 1.35 bits per heavy atom. The summed E-state index contributed by atoms with van der Waals surface area (Å²) in [5, 5.41) is 4.16. The molecule has 0 aliphatic carbocycles. The Balaban J connectivity index is 2.49. The van der Waals surface area contributed by atoms with Gasteiger partial charge in [0.05, 0.1) is 10.9 Å². The minimum Gasteiger partial charge on any atom is -0.235 e. The van der Waals surface area contributed by atoms with E-state index in [9.17, 15) is 8.42 Å². The lowest BCUT2D eigenvalue weighted by atomic mass is 10.2. The normalized spacial score (nSPS) is 14.4. The molecular formula is C13H17N3O2S2. The van der Waals surface area contributed by atoms with Crippen LogP contribution in [0.4, 0.5) is 0 Å². The summed E-state index contributed by atoms with van der Waals surface area (Å²) in [6.45, 7) is 5.92. The summed E-state index contributed by atoms with van der Waals surface area (Å²) in [5.41, 5.74) is 2.62. The predicted molar refractivity (Wildman–Crippen MR) is 79.0 cm³/mol. The van der Waals surface area contributed by atoms with Gasteiger partial charge in [0.2, 0.25) is 4.80 Å². The van der Waals surface area contributed by atoms with Gasteiger partial charge in [0, 0.05) is 0 Å². The van der Waals surface area contributed by atoms with E-state index in [0.29, 0.717) is 4.80 Å². The third-order valence-corrected chi connectivity index (χ3v) is 5.14. The van der Waals surface area contributed by atoms with E-state index in [2.05, 4.69) is 9.50 Å². The molecule has 1 unspecified atom stereocenters. The van der Waals surface area contributed by atoms with Crippen LogP contribution in [0.15, 0.2) is 39.1 Å². The summed E-state index contributed by atoms with van der Waals surface area (Å²) in [5.74, 6) is 0. The van der Waals surface area contributed by atoms with Crippen molar-refractivity contribution in [1.82, 2.24) is 9.78 Å². The van der Waals surface area contributed by atoms with Crippen LogP contribution in [0.5, 0.6) is 0 Å². The molecule has 2 aromatic rings. The van der Waals surface area contributed by atoms with Gasteiger partial charge in [0.25, 0.3) is 10.0 Å². The van der Waals surface area contributed by atoms with Crippen molar-refractivity contribution in [3.05, 3.63) is 40.1 Å². The van der Waals surface area contributed by atoms with Crippen LogP contribution in [0.1, 0.15) is 31.9 Å². The minimum absolute atomic E-state index is 0.119. The van der Waals surface area contributed by atoms with Crippen molar-refractivity contribution < 1.29 is 8.42 Å². The van der Waals surface area contributed by atoms with Gasteiger partial charge >= 0.3 is 0 Å². The van der Waals surface area contributed by atoms with Crippen molar-refractivity contribution >= 4 is 21.4 Å². The molecule has 1 heterocycles. The van der Waals surface area contributed by atoms with Crippen LogP contribution in [0.2, 0.25) is 0 Å². The zero-order valence-electron chi connectivity index (χ0n) is 11.6. The van der Waals surface area contributed by atoms with Gasteiger partial charge in [-0.25, -0.2) is 4.68 Å². The van der Waals surface area contributed by atoms with Crippen molar-refractivity contribution in [1.29, 1.82) is 0 Å². The van der Waals surface area contributed by atoms with Gasteiger partial charge in [0.15, 0.2) is 0 Å². The smallest absolute Gasteiger partial charge is 0.235 e. The predicted octanol–water partition coefficient (Wildman–Crippen LogP) is 2.51. The van der Waals surface area contributed by atoms with Crippen LogP contribution >= 0.6 is 11.3 Å². The third kappa shape index (κ3) is 3.16. The first-order valence-electron chi connectivity index (χ1n) is 6.34. The second kappa shape index (κ2) is 5.88. The summed E-state index contributed by atoms with van der Waals surface area (Å²) < 4.78 is 30.1. The standard InChI is InChI=1S/C13H17N3O2S2/c1-4-11(3)16-13(19-9-14-16)15-20(17,18)12-7-5-10(2)6-8-12/h5-9,11H,4H2,1-3H3/b15-13-. The van der Waals surface area contributed by atoms with E-state index in [0.717, 1.165) is 12.0 Å². The minimum atomic E-state index is -3.69. The van der Waals surface area contributed by atoms with Gasteiger partial charge in [-0.15, -0.1) is 4.40 Å². The second-order valence-corrected chi connectivity index (χ2v) is 7.02. The van der Waals surface area contributed by atoms with Crippen LogP contribution in [0.3, 0.4) is 0 Å². The first kappa shape index (κ1) is 14.9. The van der Waals surface area contributed by atoms with Crippen molar-refractivity contribution in [3.63, 3.8) is 0 Å². The SMILES string of the molecule is CCC(C)n1ncs/c1=N\S(=O)(=O)c1ccc(C)cc1. The molecule has 1 aromatic carbocycles. The fourth-order valence-corrected chi connectivity index (χ4v) is 3.55. The van der Waals surface area contributed by atoms with Crippen molar-refractivity contribution in [3.8, 4) is 0 Å². The Morgan fingerprint density at radius 3 is 2.60 bits per heavy atom. The fraction of sp³-hybridized carbons (Fsp3) is 0.385. The summed E-state index contributed by atoms with van der Waals surface area (Å²) in [7, 11) is -3.69. The van der Waals surface area contributed by atoms with E-state index in [4.69, 9.17) is 0 Å². The van der Waals surface area contributed by atoms with Crippen molar-refractivity contribution in [2.75, 3.05) is 0 Å². The Morgan fingerprint density at radius 2 is 2.00 bits per heavy atom. The van der Waals surface area contributed by atoms with Crippen LogP contribution in [0, 0.1) is 6.92 Å². The Bertz CT molecular complexity index is 742. The van der Waals surface area contributed by atoms with E-state index in [1.807, 2.05) is 20.8 Å². The molecule has 0 bridgehead atoms. The molecule has 0 aliphatic heterocycles. The number of sulfonamides is 1. The van der Waals surface area contributed by atoms with Crippen LogP contribution in [-0.2, 0) is 10.0 Å². The Kier molecular flexibility index (Phi) is 4.39. The number of aryl methyl sites for hydroxylation is 1. The largest absolute Gasteiger partial charge is 0.285 e. The monoisotopic (exact) mass is 311 g/mol. The van der Waals surface area contributed by atoms with Gasteiger partial charge < -0.3 is 0 Å². The lowest BCUT2D eigenvalue weighted by Gasteiger charge is -2.07. The lowest BCUT2D eigenvalue weighted by molar-refractivity contribution is 0.462. The molecule has 0 spiro atoms. The molecule has 1 aromatic heterocycles. The molecule has 0 fully saturated rings. The first-order valence-corrected chi connectivity index (χ1v) is 8.66. The van der Waals surface area contributed by atoms with Gasteiger partial charge in [-0.2, -0.15) is 13.5 Å². The molecule has 0 aliphatic rings. The summed E-state index contributed by atoms with van der Waals surface area (Å²) in [6.07, 6.45) is 0.863. The Hall–Kier alpha value is -1.47. The molecule has 1 atom stereocenters. The number of benzene rings is 1. The zero-order chi connectivity index (χ0) is 14.8. The summed E-state index contributed by atoms with van der Waals surface area (Å²) in [4.78, 5) is 0.604. The average Bonchev–Trinajstić information content (AvgIpc) is 2.85. The topological polar surface area (TPSA) is 64.3 Å². The fourth-order valence-electron chi connectivity index (χ4n) is 1.63. The highest BCUT2D eigenvalue weighted by Crippen LogP contribution is 2.13. The maximum absolute atomic E-state index is 12.3. The third-order valence-electron chi connectivity index (χ3n) is 3.05. The molecule has 0 saturated heterocycles. The molecule has 0 N–H and O–H groups in total. The Labute approximate surface area is 122 Å². The van der Waals surface area contributed by atoms with Gasteiger partial charge in [-0.3, -0.25) is 0 Å². The quantitative estimate of drug-likeness (QED) is 0.871. The summed E-state index contributed by atoms with van der Waals surface area (Å²) >= 11 is 1.22. The maximum Gasteiger partial charge on any atom is 0.285 e. The molecule has 0 amide bonds. The lowest BCUT2D eigenvalue weighted by Crippen LogP contribution is -2.21. The molecule has 108 valence electrons. The van der Waals surface area contributed by atoms with Gasteiger partial charge in [-0.05, 0) is 32.4 Å². The second-order valence-electron chi connectivity index (χ2n) is 4.60. The highest BCUT2D eigenvalue weighted by Gasteiger charge is 2.14. The number of nitrogens with zero attached hydrogens (tertiary/aromatic N) is 3.